The van der Waals surface area contributed by atoms with Crippen molar-refractivity contribution in [1.82, 2.24) is 0 Å². The second-order valence-electron chi connectivity index (χ2n) is 7.44. The fourth-order valence-corrected chi connectivity index (χ4v) is 8.08. The Hall–Kier alpha value is -1.54. The van der Waals surface area contributed by atoms with Gasteiger partial charge in [-0.15, -0.1) is 0 Å². The minimum absolute atomic E-state index is 0.00295. The molecule has 8 heteroatoms. The van der Waals surface area contributed by atoms with Gasteiger partial charge < -0.3 is 9.64 Å². The third-order valence-corrected chi connectivity index (χ3v) is 8.77. The summed E-state index contributed by atoms with van der Waals surface area (Å²) in [6.07, 6.45) is 5.16. The zero-order chi connectivity index (χ0) is 19.0. The third-order valence-electron chi connectivity index (χ3n) is 5.56. The van der Waals surface area contributed by atoms with E-state index in [1.807, 2.05) is 29.2 Å². The van der Waals surface area contributed by atoms with E-state index < -0.39 is 9.84 Å². The molecule has 2 atom stereocenters. The van der Waals surface area contributed by atoms with Gasteiger partial charge in [-0.2, -0.15) is 4.99 Å². The van der Waals surface area contributed by atoms with Gasteiger partial charge in [-0.25, -0.2) is 8.42 Å². The Morgan fingerprint density at radius 2 is 2.00 bits per heavy atom. The zero-order valence-corrected chi connectivity index (χ0v) is 17.0. The van der Waals surface area contributed by atoms with Crippen molar-refractivity contribution < 1.29 is 17.9 Å². The van der Waals surface area contributed by atoms with Gasteiger partial charge in [0.05, 0.1) is 24.7 Å². The van der Waals surface area contributed by atoms with E-state index in [-0.39, 0.29) is 34.6 Å². The van der Waals surface area contributed by atoms with Crippen LogP contribution in [0.2, 0.25) is 0 Å². The molecule has 1 amide bonds. The molecule has 0 spiro atoms. The number of rotatable bonds is 3. The van der Waals surface area contributed by atoms with Crippen LogP contribution in [0.4, 0.5) is 5.69 Å². The summed E-state index contributed by atoms with van der Waals surface area (Å²) in [5, 5.41) is 0.544. The van der Waals surface area contributed by atoms with Gasteiger partial charge in [-0.1, -0.05) is 37.1 Å². The minimum atomic E-state index is -3.07. The van der Waals surface area contributed by atoms with Crippen LogP contribution in [0, 0.1) is 5.92 Å². The quantitative estimate of drug-likeness (QED) is 0.765. The lowest BCUT2D eigenvalue weighted by atomic mass is 9.89. The van der Waals surface area contributed by atoms with Crippen molar-refractivity contribution in [3.8, 4) is 5.75 Å². The summed E-state index contributed by atoms with van der Waals surface area (Å²) in [4.78, 5) is 19.1. The SMILES string of the molecule is COc1cccc(N2C(=NC(=O)C3CCCCC3)S[C@H]3CS(=O)(=O)C[C@H]32)c1. The highest BCUT2D eigenvalue weighted by Gasteiger charge is 2.49. The molecule has 1 aromatic rings. The van der Waals surface area contributed by atoms with Gasteiger partial charge in [-0.3, -0.25) is 4.79 Å². The number of benzene rings is 1. The average Bonchev–Trinajstić information content (AvgIpc) is 3.13. The minimum Gasteiger partial charge on any atom is -0.497 e. The molecule has 2 saturated heterocycles. The second-order valence-corrected chi connectivity index (χ2v) is 10.8. The molecule has 1 aliphatic carbocycles. The number of amidine groups is 1. The topological polar surface area (TPSA) is 76.0 Å². The normalized spacial score (nSPS) is 29.1. The van der Waals surface area contributed by atoms with Crippen molar-refractivity contribution in [2.45, 2.75) is 43.4 Å². The molecule has 3 fully saturated rings. The first-order chi connectivity index (χ1) is 13.0. The van der Waals surface area contributed by atoms with Gasteiger partial charge in [0.1, 0.15) is 5.75 Å². The van der Waals surface area contributed by atoms with Crippen LogP contribution >= 0.6 is 11.8 Å². The van der Waals surface area contributed by atoms with Crippen LogP contribution in [-0.4, -0.2) is 49.4 Å². The number of anilines is 1. The predicted molar refractivity (Wildman–Crippen MR) is 108 cm³/mol. The molecule has 2 heterocycles. The molecule has 27 heavy (non-hydrogen) atoms. The maximum Gasteiger partial charge on any atom is 0.251 e. The molecule has 146 valence electrons. The second kappa shape index (κ2) is 7.47. The number of nitrogens with zero attached hydrogens (tertiary/aromatic N) is 2. The molecule has 4 rings (SSSR count). The Morgan fingerprint density at radius 1 is 1.22 bits per heavy atom. The molecule has 0 bridgehead atoms. The first kappa shape index (κ1) is 18.8. The summed E-state index contributed by atoms with van der Waals surface area (Å²) in [5.41, 5.74) is 0.821. The standard InChI is InChI=1S/C19H24N2O4S2/c1-25-15-9-5-8-14(10-15)21-16-11-27(23,24)12-17(16)26-19(21)20-18(22)13-6-3-2-4-7-13/h5,8-10,13,16-17H,2-4,6-7,11-12H2,1H3/t16-,17+/m1/s1. The highest BCUT2D eigenvalue weighted by molar-refractivity contribution is 8.16. The van der Waals surface area contributed by atoms with Crippen LogP contribution < -0.4 is 9.64 Å². The van der Waals surface area contributed by atoms with Crippen molar-refractivity contribution >= 4 is 38.4 Å². The van der Waals surface area contributed by atoms with Crippen LogP contribution in [0.15, 0.2) is 29.3 Å². The lowest BCUT2D eigenvalue weighted by Gasteiger charge is -2.25. The summed E-state index contributed by atoms with van der Waals surface area (Å²) in [5.74, 6) is 0.869. The number of thioether (sulfide) groups is 1. The molecule has 2 aliphatic heterocycles. The van der Waals surface area contributed by atoms with E-state index in [1.165, 1.54) is 18.2 Å². The van der Waals surface area contributed by atoms with Gasteiger partial charge in [0.2, 0.25) is 0 Å². The summed E-state index contributed by atoms with van der Waals surface area (Å²) in [6, 6.07) is 7.31. The summed E-state index contributed by atoms with van der Waals surface area (Å²) in [7, 11) is -1.47. The number of aliphatic imine (C=N–C) groups is 1. The van der Waals surface area contributed by atoms with Crippen LogP contribution in [0.1, 0.15) is 32.1 Å². The molecule has 1 aromatic carbocycles. The van der Waals surface area contributed by atoms with Crippen molar-refractivity contribution in [3.05, 3.63) is 24.3 Å². The Labute approximate surface area is 164 Å². The number of carbonyl (C=O) groups is 1. The summed E-state index contributed by atoms with van der Waals surface area (Å²) < 4.78 is 29.6. The number of hydrogen-bond acceptors (Lipinski definition) is 5. The first-order valence-corrected chi connectivity index (χ1v) is 12.1. The molecular weight excluding hydrogens is 384 g/mol. The predicted octanol–water partition coefficient (Wildman–Crippen LogP) is 2.88. The van der Waals surface area contributed by atoms with Gasteiger partial charge in [0.15, 0.2) is 15.0 Å². The smallest absolute Gasteiger partial charge is 0.251 e. The van der Waals surface area contributed by atoms with E-state index in [0.717, 1.165) is 31.4 Å². The maximum atomic E-state index is 12.7. The fraction of sp³-hybridized carbons (Fsp3) is 0.579. The van der Waals surface area contributed by atoms with E-state index in [2.05, 4.69) is 4.99 Å². The maximum absolute atomic E-state index is 12.7. The zero-order valence-electron chi connectivity index (χ0n) is 15.3. The molecule has 3 aliphatic rings. The number of sulfone groups is 1. The number of hydrogen-bond donors (Lipinski definition) is 0. The molecule has 0 aromatic heterocycles. The van der Waals surface area contributed by atoms with Crippen molar-refractivity contribution in [2.75, 3.05) is 23.5 Å². The Bertz CT molecular complexity index is 862. The van der Waals surface area contributed by atoms with Crippen molar-refractivity contribution in [2.24, 2.45) is 10.9 Å². The third kappa shape index (κ3) is 3.87. The van der Waals surface area contributed by atoms with Crippen LogP contribution in [0.3, 0.4) is 0 Å². The van der Waals surface area contributed by atoms with E-state index >= 15 is 0 Å². The number of amides is 1. The molecule has 1 saturated carbocycles. The van der Waals surface area contributed by atoms with E-state index in [4.69, 9.17) is 4.74 Å². The van der Waals surface area contributed by atoms with E-state index in [1.54, 1.807) is 7.11 Å². The highest BCUT2D eigenvalue weighted by Crippen LogP contribution is 2.42. The monoisotopic (exact) mass is 408 g/mol. The van der Waals surface area contributed by atoms with Crippen LogP contribution in [-0.2, 0) is 14.6 Å². The van der Waals surface area contributed by atoms with Gasteiger partial charge in [-0.05, 0) is 25.0 Å². The van der Waals surface area contributed by atoms with Gasteiger partial charge >= 0.3 is 0 Å². The lowest BCUT2D eigenvalue weighted by Crippen LogP contribution is -2.38. The molecule has 0 unspecified atom stereocenters. The summed E-state index contributed by atoms with van der Waals surface area (Å²) in [6.45, 7) is 0. The Morgan fingerprint density at radius 3 is 2.74 bits per heavy atom. The first-order valence-electron chi connectivity index (χ1n) is 9.40. The summed E-state index contributed by atoms with van der Waals surface area (Å²) >= 11 is 1.43. The van der Waals surface area contributed by atoms with E-state index in [0.29, 0.717) is 10.9 Å². The van der Waals surface area contributed by atoms with Gasteiger partial charge in [0.25, 0.3) is 5.91 Å². The number of fused-ring (bicyclic) bond motifs is 1. The number of ether oxygens (including phenoxy) is 1. The molecule has 6 nitrogen and oxygen atoms in total. The van der Waals surface area contributed by atoms with Gasteiger partial charge in [0, 0.05) is 22.9 Å². The molecule has 0 radical (unpaired) electrons. The van der Waals surface area contributed by atoms with Crippen molar-refractivity contribution in [3.63, 3.8) is 0 Å². The number of methoxy groups -OCH3 is 1. The lowest BCUT2D eigenvalue weighted by molar-refractivity contribution is -0.122. The highest BCUT2D eigenvalue weighted by atomic mass is 32.2. The Balaban J connectivity index is 1.67. The van der Waals surface area contributed by atoms with E-state index in [9.17, 15) is 13.2 Å². The molecule has 0 N–H and O–H groups in total. The van der Waals surface area contributed by atoms with Crippen LogP contribution in [0.5, 0.6) is 5.75 Å². The fourth-order valence-electron chi connectivity index (χ4n) is 4.16. The average molecular weight is 409 g/mol. The van der Waals surface area contributed by atoms with Crippen molar-refractivity contribution in [1.29, 1.82) is 0 Å². The van der Waals surface area contributed by atoms with Crippen LogP contribution in [0.25, 0.3) is 0 Å². The largest absolute Gasteiger partial charge is 0.497 e. The Kier molecular flexibility index (Phi) is 5.20. The molecular formula is C19H24N2O4S2. The number of carbonyl (C=O) groups excluding carboxylic acids is 1.